The van der Waals surface area contributed by atoms with E-state index < -0.39 is 5.97 Å². The minimum Gasteiger partial charge on any atom is -0.477 e. The van der Waals surface area contributed by atoms with E-state index in [4.69, 9.17) is 9.84 Å². The number of aromatic carboxylic acids is 1. The van der Waals surface area contributed by atoms with Crippen LogP contribution in [0.5, 0.6) is 0 Å². The van der Waals surface area contributed by atoms with Gasteiger partial charge in [-0.15, -0.1) is 0 Å². The zero-order chi connectivity index (χ0) is 14.8. The van der Waals surface area contributed by atoms with Gasteiger partial charge in [-0.05, 0) is 25.0 Å². The van der Waals surface area contributed by atoms with Gasteiger partial charge in [0.1, 0.15) is 5.69 Å². The summed E-state index contributed by atoms with van der Waals surface area (Å²) in [6.45, 7) is 4.00. The molecule has 0 spiro atoms. The fourth-order valence-corrected chi connectivity index (χ4v) is 1.48. The Morgan fingerprint density at radius 1 is 1.30 bits per heavy atom. The monoisotopic (exact) mass is 280 g/mol. The van der Waals surface area contributed by atoms with Crippen molar-refractivity contribution in [2.75, 3.05) is 19.8 Å². The summed E-state index contributed by atoms with van der Waals surface area (Å²) in [4.78, 5) is 26.0. The molecule has 0 saturated carbocycles. The highest BCUT2D eigenvalue weighted by atomic mass is 16.5. The Balaban J connectivity index is 2.24. The van der Waals surface area contributed by atoms with Gasteiger partial charge in [0.2, 0.25) is 0 Å². The van der Waals surface area contributed by atoms with Crippen LogP contribution in [0.1, 0.15) is 47.0 Å². The first-order chi connectivity index (χ1) is 9.65. The molecule has 1 aromatic rings. The van der Waals surface area contributed by atoms with E-state index in [1.807, 2.05) is 0 Å². The van der Waals surface area contributed by atoms with E-state index in [0.717, 1.165) is 25.9 Å². The summed E-state index contributed by atoms with van der Waals surface area (Å²) in [5, 5.41) is 11.4. The number of hydrogen-bond donors (Lipinski definition) is 2. The second kappa shape index (κ2) is 9.03. The number of unbranched alkanes of at least 4 members (excludes halogenated alkanes) is 1. The zero-order valence-electron chi connectivity index (χ0n) is 11.6. The summed E-state index contributed by atoms with van der Waals surface area (Å²) in [6.07, 6.45) is 4.16. The molecule has 0 atom stereocenters. The number of nitrogens with one attached hydrogen (secondary N) is 1. The molecule has 1 amide bonds. The summed E-state index contributed by atoms with van der Waals surface area (Å²) in [6, 6.07) is 2.76. The van der Waals surface area contributed by atoms with Gasteiger partial charge in [-0.3, -0.25) is 4.79 Å². The Morgan fingerprint density at radius 2 is 2.05 bits per heavy atom. The van der Waals surface area contributed by atoms with Crippen molar-refractivity contribution in [2.24, 2.45) is 0 Å². The number of hydrogen-bond acceptors (Lipinski definition) is 4. The smallest absolute Gasteiger partial charge is 0.354 e. The van der Waals surface area contributed by atoms with E-state index in [2.05, 4.69) is 17.2 Å². The Bertz CT molecular complexity index is 431. The van der Waals surface area contributed by atoms with Crippen LogP contribution in [-0.2, 0) is 4.74 Å². The highest BCUT2D eigenvalue weighted by molar-refractivity contribution is 5.94. The summed E-state index contributed by atoms with van der Waals surface area (Å²) < 4.78 is 5.37. The molecular weight excluding hydrogens is 260 g/mol. The van der Waals surface area contributed by atoms with Crippen LogP contribution in [0.3, 0.4) is 0 Å². The average molecular weight is 280 g/mol. The zero-order valence-corrected chi connectivity index (χ0v) is 11.6. The number of carbonyl (C=O) groups is 2. The topological polar surface area (TPSA) is 88.5 Å². The lowest BCUT2D eigenvalue weighted by Crippen LogP contribution is -2.25. The largest absolute Gasteiger partial charge is 0.477 e. The fourth-order valence-electron chi connectivity index (χ4n) is 1.48. The van der Waals surface area contributed by atoms with Crippen molar-refractivity contribution in [1.82, 2.24) is 10.3 Å². The lowest BCUT2D eigenvalue weighted by Gasteiger charge is -2.06. The van der Waals surface area contributed by atoms with Gasteiger partial charge in [-0.25, -0.2) is 9.78 Å². The predicted molar refractivity (Wildman–Crippen MR) is 73.9 cm³/mol. The second-order valence-corrected chi connectivity index (χ2v) is 4.31. The van der Waals surface area contributed by atoms with Crippen molar-refractivity contribution in [2.45, 2.75) is 26.2 Å². The third-order valence-corrected chi connectivity index (χ3v) is 2.64. The molecule has 2 N–H and O–H groups in total. The summed E-state index contributed by atoms with van der Waals surface area (Å²) in [5.41, 5.74) is 0.271. The van der Waals surface area contributed by atoms with E-state index in [9.17, 15) is 9.59 Å². The molecule has 0 unspecified atom stereocenters. The molecule has 0 aliphatic carbocycles. The van der Waals surface area contributed by atoms with E-state index in [1.54, 1.807) is 0 Å². The SMILES string of the molecule is CCCCOCCCNC(=O)c1ccc(C(=O)O)nc1. The number of nitrogens with zero attached hydrogens (tertiary/aromatic N) is 1. The van der Waals surface area contributed by atoms with Gasteiger partial charge in [-0.2, -0.15) is 0 Å². The number of amides is 1. The van der Waals surface area contributed by atoms with Crippen molar-refractivity contribution in [3.63, 3.8) is 0 Å². The van der Waals surface area contributed by atoms with Crippen LogP contribution in [0.15, 0.2) is 18.3 Å². The molecule has 110 valence electrons. The van der Waals surface area contributed by atoms with Crippen molar-refractivity contribution in [3.8, 4) is 0 Å². The number of ether oxygens (including phenoxy) is 1. The molecule has 0 saturated heterocycles. The molecule has 6 heteroatoms. The van der Waals surface area contributed by atoms with E-state index in [1.165, 1.54) is 18.3 Å². The maximum Gasteiger partial charge on any atom is 0.354 e. The van der Waals surface area contributed by atoms with E-state index >= 15 is 0 Å². The first kappa shape index (κ1) is 16.1. The minimum atomic E-state index is -1.11. The van der Waals surface area contributed by atoms with Crippen molar-refractivity contribution < 1.29 is 19.4 Å². The molecule has 6 nitrogen and oxygen atoms in total. The molecule has 0 bridgehead atoms. The van der Waals surface area contributed by atoms with Crippen LogP contribution in [0.4, 0.5) is 0 Å². The Hall–Kier alpha value is -1.95. The lowest BCUT2D eigenvalue weighted by molar-refractivity contribution is 0.0689. The molecule has 1 heterocycles. The van der Waals surface area contributed by atoms with Crippen LogP contribution in [0.25, 0.3) is 0 Å². The second-order valence-electron chi connectivity index (χ2n) is 4.31. The normalized spacial score (nSPS) is 10.2. The summed E-state index contributed by atoms with van der Waals surface area (Å²) in [5.74, 6) is -1.37. The van der Waals surface area contributed by atoms with Gasteiger partial charge in [0.15, 0.2) is 0 Å². The van der Waals surface area contributed by atoms with Gasteiger partial charge in [0.05, 0.1) is 5.56 Å². The van der Waals surface area contributed by atoms with Crippen molar-refractivity contribution >= 4 is 11.9 Å². The number of carboxylic acid groups (broad SMARTS) is 1. The quantitative estimate of drug-likeness (QED) is 0.672. The molecule has 1 rings (SSSR count). The van der Waals surface area contributed by atoms with Crippen LogP contribution in [0, 0.1) is 0 Å². The first-order valence-electron chi connectivity index (χ1n) is 6.70. The third-order valence-electron chi connectivity index (χ3n) is 2.64. The van der Waals surface area contributed by atoms with Crippen molar-refractivity contribution in [1.29, 1.82) is 0 Å². The molecule has 0 aliphatic heterocycles. The van der Waals surface area contributed by atoms with Crippen molar-refractivity contribution in [3.05, 3.63) is 29.6 Å². The van der Waals surface area contributed by atoms with Gasteiger partial charge >= 0.3 is 5.97 Å². The fraction of sp³-hybridized carbons (Fsp3) is 0.500. The van der Waals surface area contributed by atoms with Gasteiger partial charge in [-0.1, -0.05) is 13.3 Å². The van der Waals surface area contributed by atoms with Gasteiger partial charge < -0.3 is 15.2 Å². The third kappa shape index (κ3) is 5.79. The molecule has 0 aliphatic rings. The van der Waals surface area contributed by atoms with E-state index in [-0.39, 0.29) is 11.6 Å². The van der Waals surface area contributed by atoms with Crippen LogP contribution in [-0.4, -0.2) is 41.7 Å². The Morgan fingerprint density at radius 3 is 2.65 bits per heavy atom. The minimum absolute atomic E-state index is 0.0779. The number of carbonyl (C=O) groups excluding carboxylic acids is 1. The number of rotatable bonds is 9. The standard InChI is InChI=1S/C14H20N2O4/c1-2-3-8-20-9-4-7-15-13(17)11-5-6-12(14(18)19)16-10-11/h5-6,10H,2-4,7-9H2,1H3,(H,15,17)(H,18,19). The maximum atomic E-state index is 11.7. The van der Waals surface area contributed by atoms with Crippen LogP contribution in [0.2, 0.25) is 0 Å². The van der Waals surface area contributed by atoms with Gasteiger partial charge in [0, 0.05) is 26.0 Å². The molecule has 1 aromatic heterocycles. The highest BCUT2D eigenvalue weighted by Gasteiger charge is 2.08. The molecule has 20 heavy (non-hydrogen) atoms. The molecule has 0 aromatic carbocycles. The number of aromatic nitrogens is 1. The summed E-state index contributed by atoms with van der Waals surface area (Å²) >= 11 is 0. The van der Waals surface area contributed by atoms with Crippen LogP contribution < -0.4 is 5.32 Å². The molecule has 0 radical (unpaired) electrons. The molecule has 0 fully saturated rings. The summed E-state index contributed by atoms with van der Waals surface area (Å²) in [7, 11) is 0. The number of carboxylic acids is 1. The van der Waals surface area contributed by atoms with Gasteiger partial charge in [0.25, 0.3) is 5.91 Å². The van der Waals surface area contributed by atoms with E-state index in [0.29, 0.717) is 18.7 Å². The lowest BCUT2D eigenvalue weighted by atomic mass is 10.2. The van der Waals surface area contributed by atoms with Crippen LogP contribution >= 0.6 is 0 Å². The highest BCUT2D eigenvalue weighted by Crippen LogP contribution is 2.00. The molecular formula is C14H20N2O4. The Kier molecular flexibility index (Phi) is 7.27. The average Bonchev–Trinajstić information content (AvgIpc) is 2.46. The predicted octanol–water partition coefficient (Wildman–Crippen LogP) is 1.72. The number of pyridine rings is 1. The Labute approximate surface area is 118 Å². The maximum absolute atomic E-state index is 11.7. The first-order valence-corrected chi connectivity index (χ1v) is 6.70.